The van der Waals surface area contributed by atoms with Crippen LogP contribution in [0.1, 0.15) is 5.56 Å². The monoisotopic (exact) mass is 262 g/mol. The van der Waals surface area contributed by atoms with Crippen LogP contribution in [0.25, 0.3) is 0 Å². The van der Waals surface area contributed by atoms with Crippen LogP contribution in [0.15, 0.2) is 18.3 Å². The van der Waals surface area contributed by atoms with Gasteiger partial charge in [0.2, 0.25) is 0 Å². The molecule has 1 fully saturated rings. The van der Waals surface area contributed by atoms with E-state index in [2.05, 4.69) is 22.1 Å². The first-order valence-electron chi connectivity index (χ1n) is 5.85. The summed E-state index contributed by atoms with van der Waals surface area (Å²) in [5.41, 5.74) is 0.667. The molecule has 1 aromatic rings. The summed E-state index contributed by atoms with van der Waals surface area (Å²) >= 11 is 0. The van der Waals surface area contributed by atoms with Gasteiger partial charge >= 0.3 is 0 Å². The molecule has 2 rings (SSSR count). The number of aliphatic hydroxyl groups is 1. The second kappa shape index (κ2) is 6.85. The van der Waals surface area contributed by atoms with Crippen molar-refractivity contribution in [2.75, 3.05) is 31.7 Å². The molecule has 1 atom stereocenters. The van der Waals surface area contributed by atoms with Crippen molar-refractivity contribution in [3.05, 3.63) is 23.9 Å². The molecule has 2 N–H and O–H groups in total. The van der Waals surface area contributed by atoms with Crippen molar-refractivity contribution < 1.29 is 19.4 Å². The summed E-state index contributed by atoms with van der Waals surface area (Å²) in [7, 11) is 0. The molecule has 0 aromatic carbocycles. The van der Waals surface area contributed by atoms with Crippen LogP contribution in [0.4, 0.5) is 5.82 Å². The highest BCUT2D eigenvalue weighted by atomic mass is 16.6. The second-order valence-corrected chi connectivity index (χ2v) is 3.81. The van der Waals surface area contributed by atoms with Crippen LogP contribution in [-0.4, -0.2) is 48.5 Å². The Morgan fingerprint density at radius 2 is 2.47 bits per heavy atom. The van der Waals surface area contributed by atoms with E-state index in [4.69, 9.17) is 14.6 Å². The van der Waals surface area contributed by atoms with Gasteiger partial charge in [-0.15, -0.1) is 0 Å². The van der Waals surface area contributed by atoms with E-state index in [9.17, 15) is 4.79 Å². The lowest BCUT2D eigenvalue weighted by Crippen LogP contribution is -2.39. The number of carbonyl (C=O) groups is 1. The van der Waals surface area contributed by atoms with Crippen LogP contribution in [-0.2, 0) is 14.3 Å². The minimum atomic E-state index is -0.609. The van der Waals surface area contributed by atoms with Crippen LogP contribution < -0.4 is 5.32 Å². The first-order valence-corrected chi connectivity index (χ1v) is 5.85. The molecule has 0 bridgehead atoms. The number of rotatable bonds is 2. The topological polar surface area (TPSA) is 80.7 Å². The predicted molar refractivity (Wildman–Crippen MR) is 67.4 cm³/mol. The van der Waals surface area contributed by atoms with Crippen LogP contribution in [0, 0.1) is 11.8 Å². The highest BCUT2D eigenvalue weighted by Gasteiger charge is 2.22. The predicted octanol–water partition coefficient (Wildman–Crippen LogP) is -0.221. The first kappa shape index (κ1) is 13.5. The minimum absolute atomic E-state index is 0.211. The van der Waals surface area contributed by atoms with Crippen molar-refractivity contribution in [1.82, 2.24) is 4.98 Å². The Balaban J connectivity index is 1.99. The zero-order valence-corrected chi connectivity index (χ0v) is 10.3. The first-order chi connectivity index (χ1) is 9.29. The fourth-order valence-corrected chi connectivity index (χ4v) is 1.56. The maximum atomic E-state index is 11.9. The summed E-state index contributed by atoms with van der Waals surface area (Å²) in [5, 5.41) is 11.3. The summed E-state index contributed by atoms with van der Waals surface area (Å²) in [5.74, 6) is 5.37. The number of hydrogen-bond acceptors (Lipinski definition) is 5. The Kier molecular flexibility index (Phi) is 4.86. The molecule has 19 heavy (non-hydrogen) atoms. The largest absolute Gasteiger partial charge is 0.384 e. The van der Waals surface area contributed by atoms with Crippen LogP contribution >= 0.6 is 0 Å². The highest BCUT2D eigenvalue weighted by molar-refractivity contribution is 5.93. The molecular formula is C13H14N2O4. The van der Waals surface area contributed by atoms with Gasteiger partial charge in [0.15, 0.2) is 6.10 Å². The maximum absolute atomic E-state index is 11.9. The molecule has 1 saturated heterocycles. The molecule has 1 aliphatic heterocycles. The molecule has 6 heteroatoms. The Morgan fingerprint density at radius 3 is 3.21 bits per heavy atom. The third kappa shape index (κ3) is 4.03. The third-order valence-electron chi connectivity index (χ3n) is 2.43. The lowest BCUT2D eigenvalue weighted by molar-refractivity contribution is -0.142. The number of ether oxygens (including phenoxy) is 2. The Hall–Kier alpha value is -1.94. The number of pyridine rings is 1. The number of amides is 1. The van der Waals surface area contributed by atoms with Crippen LogP contribution in [0.3, 0.4) is 0 Å². The SMILES string of the molecule is O=C(Nc1cc(C#CCO)ccn1)C1COCCO1. The van der Waals surface area contributed by atoms with E-state index in [1.165, 1.54) is 6.20 Å². The number of nitrogens with one attached hydrogen (secondary N) is 1. The summed E-state index contributed by atoms with van der Waals surface area (Å²) in [4.78, 5) is 15.9. The number of carbonyl (C=O) groups excluding carboxylic acids is 1. The molecule has 0 spiro atoms. The van der Waals surface area contributed by atoms with Crippen molar-refractivity contribution in [2.45, 2.75) is 6.10 Å². The smallest absolute Gasteiger partial charge is 0.257 e. The quantitative estimate of drug-likeness (QED) is 0.720. The fraction of sp³-hybridized carbons (Fsp3) is 0.385. The van der Waals surface area contributed by atoms with Gasteiger partial charge in [0.05, 0.1) is 19.8 Å². The Labute approximate surface area is 110 Å². The molecule has 1 amide bonds. The molecule has 100 valence electrons. The number of aromatic nitrogens is 1. The second-order valence-electron chi connectivity index (χ2n) is 3.81. The van der Waals surface area contributed by atoms with Gasteiger partial charge in [0, 0.05) is 11.8 Å². The van der Waals surface area contributed by atoms with E-state index < -0.39 is 6.10 Å². The zero-order chi connectivity index (χ0) is 13.5. The van der Waals surface area contributed by atoms with Gasteiger partial charge in [-0.3, -0.25) is 4.79 Å². The number of nitrogens with zero attached hydrogens (tertiary/aromatic N) is 1. The van der Waals surface area contributed by atoms with Gasteiger partial charge in [0.1, 0.15) is 12.4 Å². The van der Waals surface area contributed by atoms with Crippen molar-refractivity contribution in [1.29, 1.82) is 0 Å². The minimum Gasteiger partial charge on any atom is -0.384 e. The normalized spacial score (nSPS) is 18.3. The van der Waals surface area contributed by atoms with E-state index in [0.29, 0.717) is 24.6 Å². The number of anilines is 1. The highest BCUT2D eigenvalue weighted by Crippen LogP contribution is 2.08. The number of hydrogen-bond donors (Lipinski definition) is 2. The van der Waals surface area contributed by atoms with Gasteiger partial charge in [-0.2, -0.15) is 0 Å². The lowest BCUT2D eigenvalue weighted by atomic mass is 10.2. The van der Waals surface area contributed by atoms with Crippen molar-refractivity contribution in [3.63, 3.8) is 0 Å². The molecule has 1 aromatic heterocycles. The molecule has 2 heterocycles. The molecule has 0 saturated carbocycles. The van der Waals surface area contributed by atoms with Crippen molar-refractivity contribution in [2.24, 2.45) is 0 Å². The van der Waals surface area contributed by atoms with Gasteiger partial charge in [-0.05, 0) is 12.1 Å². The van der Waals surface area contributed by atoms with E-state index in [0.717, 1.165) is 0 Å². The molecule has 6 nitrogen and oxygen atoms in total. The summed E-state index contributed by atoms with van der Waals surface area (Å²) in [6.45, 7) is 0.953. The molecule has 1 aliphatic rings. The average Bonchev–Trinajstić information content (AvgIpc) is 2.46. The molecule has 0 aliphatic carbocycles. The van der Waals surface area contributed by atoms with E-state index in [1.54, 1.807) is 12.1 Å². The van der Waals surface area contributed by atoms with Crippen molar-refractivity contribution >= 4 is 11.7 Å². The van der Waals surface area contributed by atoms with Gasteiger partial charge in [-0.1, -0.05) is 11.8 Å². The number of aliphatic hydroxyl groups excluding tert-OH is 1. The Bertz CT molecular complexity index is 501. The summed E-state index contributed by atoms with van der Waals surface area (Å²) < 4.78 is 10.4. The fourth-order valence-electron chi connectivity index (χ4n) is 1.56. The lowest BCUT2D eigenvalue weighted by Gasteiger charge is -2.21. The van der Waals surface area contributed by atoms with E-state index in [1.807, 2.05) is 0 Å². The Morgan fingerprint density at radius 1 is 1.58 bits per heavy atom. The van der Waals surface area contributed by atoms with E-state index in [-0.39, 0.29) is 19.1 Å². The van der Waals surface area contributed by atoms with E-state index >= 15 is 0 Å². The average molecular weight is 262 g/mol. The third-order valence-corrected chi connectivity index (χ3v) is 2.43. The summed E-state index contributed by atoms with van der Waals surface area (Å²) in [6.07, 6.45) is 0.928. The van der Waals surface area contributed by atoms with Gasteiger partial charge < -0.3 is 19.9 Å². The van der Waals surface area contributed by atoms with Crippen LogP contribution in [0.5, 0.6) is 0 Å². The van der Waals surface area contributed by atoms with Gasteiger partial charge in [-0.25, -0.2) is 4.98 Å². The zero-order valence-electron chi connectivity index (χ0n) is 10.3. The standard InChI is InChI=1S/C13H14N2O4/c16-5-1-2-10-3-4-14-12(8-10)15-13(17)11-9-18-6-7-19-11/h3-4,8,11,16H,5-7,9H2,(H,14,15,17). The van der Waals surface area contributed by atoms with Gasteiger partial charge in [0.25, 0.3) is 5.91 Å². The molecule has 1 unspecified atom stereocenters. The molecular weight excluding hydrogens is 248 g/mol. The summed E-state index contributed by atoms with van der Waals surface area (Å²) in [6, 6.07) is 3.32. The van der Waals surface area contributed by atoms with Crippen LogP contribution in [0.2, 0.25) is 0 Å². The molecule has 0 radical (unpaired) electrons. The maximum Gasteiger partial charge on any atom is 0.257 e. The van der Waals surface area contributed by atoms with Crippen molar-refractivity contribution in [3.8, 4) is 11.8 Å².